The van der Waals surface area contributed by atoms with Gasteiger partial charge in [0.2, 0.25) is 5.88 Å². The van der Waals surface area contributed by atoms with Crippen LogP contribution in [0.25, 0.3) is 11.3 Å². The standard InChI is InChI=1S/C14H16N2O2/c1-3-18-11-6-4-10(5-7-11)13-9-8-12(15)14(16-13)17-2/h4-9H,3,15H2,1-2H3. The van der Waals surface area contributed by atoms with Crippen LogP contribution in [0.15, 0.2) is 36.4 Å². The highest BCUT2D eigenvalue weighted by Crippen LogP contribution is 2.25. The summed E-state index contributed by atoms with van der Waals surface area (Å²) in [5, 5.41) is 0. The molecule has 2 N–H and O–H groups in total. The molecule has 0 aliphatic carbocycles. The maximum absolute atomic E-state index is 5.73. The van der Waals surface area contributed by atoms with Crippen molar-refractivity contribution in [2.45, 2.75) is 6.92 Å². The van der Waals surface area contributed by atoms with Gasteiger partial charge in [-0.15, -0.1) is 0 Å². The third kappa shape index (κ3) is 2.53. The van der Waals surface area contributed by atoms with Gasteiger partial charge in [0.1, 0.15) is 5.75 Å². The van der Waals surface area contributed by atoms with Crippen molar-refractivity contribution in [3.8, 4) is 22.9 Å². The fourth-order valence-electron chi connectivity index (χ4n) is 1.66. The van der Waals surface area contributed by atoms with E-state index < -0.39 is 0 Å². The molecule has 1 heterocycles. The summed E-state index contributed by atoms with van der Waals surface area (Å²) in [4.78, 5) is 4.35. The number of nitrogens with two attached hydrogens (primary N) is 1. The molecule has 18 heavy (non-hydrogen) atoms. The smallest absolute Gasteiger partial charge is 0.237 e. The highest BCUT2D eigenvalue weighted by molar-refractivity contribution is 5.64. The van der Waals surface area contributed by atoms with Gasteiger partial charge in [0.15, 0.2) is 0 Å². The third-order valence-electron chi connectivity index (χ3n) is 2.54. The molecule has 0 fully saturated rings. The Labute approximate surface area is 106 Å². The van der Waals surface area contributed by atoms with Gasteiger partial charge in [-0.3, -0.25) is 0 Å². The average molecular weight is 244 g/mol. The van der Waals surface area contributed by atoms with Crippen molar-refractivity contribution < 1.29 is 9.47 Å². The molecule has 2 aromatic rings. The zero-order valence-corrected chi connectivity index (χ0v) is 10.5. The molecule has 4 heteroatoms. The summed E-state index contributed by atoms with van der Waals surface area (Å²) in [6.45, 7) is 2.62. The highest BCUT2D eigenvalue weighted by Gasteiger charge is 2.05. The molecule has 1 aromatic carbocycles. The maximum atomic E-state index is 5.73. The first-order valence-corrected chi connectivity index (χ1v) is 5.78. The molecular weight excluding hydrogens is 228 g/mol. The van der Waals surface area contributed by atoms with E-state index in [4.69, 9.17) is 15.2 Å². The first-order chi connectivity index (χ1) is 8.74. The number of hydrogen-bond donors (Lipinski definition) is 1. The van der Waals surface area contributed by atoms with Crippen LogP contribution < -0.4 is 15.2 Å². The molecule has 0 radical (unpaired) electrons. The zero-order valence-electron chi connectivity index (χ0n) is 10.5. The number of methoxy groups -OCH3 is 1. The summed E-state index contributed by atoms with van der Waals surface area (Å²) in [6.07, 6.45) is 0. The largest absolute Gasteiger partial charge is 0.494 e. The minimum absolute atomic E-state index is 0.446. The number of rotatable bonds is 4. The third-order valence-corrected chi connectivity index (χ3v) is 2.54. The second kappa shape index (κ2) is 5.40. The molecule has 2 rings (SSSR count). The molecule has 0 aliphatic rings. The molecule has 0 amide bonds. The van der Waals surface area contributed by atoms with E-state index in [1.165, 1.54) is 0 Å². The molecule has 0 bridgehead atoms. The Bertz CT molecular complexity index is 524. The predicted molar refractivity (Wildman–Crippen MR) is 71.8 cm³/mol. The van der Waals surface area contributed by atoms with Crippen LogP contribution in [0, 0.1) is 0 Å². The highest BCUT2D eigenvalue weighted by atomic mass is 16.5. The molecule has 4 nitrogen and oxygen atoms in total. The van der Waals surface area contributed by atoms with Gasteiger partial charge in [0, 0.05) is 5.56 Å². The minimum Gasteiger partial charge on any atom is -0.494 e. The molecule has 0 unspecified atom stereocenters. The van der Waals surface area contributed by atoms with Crippen LogP contribution in [-0.2, 0) is 0 Å². The maximum Gasteiger partial charge on any atom is 0.237 e. The van der Waals surface area contributed by atoms with Crippen molar-refractivity contribution >= 4 is 5.69 Å². The van der Waals surface area contributed by atoms with Crippen molar-refractivity contribution in [3.05, 3.63) is 36.4 Å². The lowest BCUT2D eigenvalue weighted by Gasteiger charge is -2.07. The van der Waals surface area contributed by atoms with Gasteiger partial charge >= 0.3 is 0 Å². The summed E-state index contributed by atoms with van der Waals surface area (Å²) >= 11 is 0. The molecule has 0 saturated heterocycles. The number of ether oxygens (including phenoxy) is 2. The monoisotopic (exact) mass is 244 g/mol. The Morgan fingerprint density at radius 2 is 1.83 bits per heavy atom. The number of pyridine rings is 1. The first kappa shape index (κ1) is 12.2. The average Bonchev–Trinajstić information content (AvgIpc) is 2.41. The molecule has 94 valence electrons. The van der Waals surface area contributed by atoms with Crippen LogP contribution in [0.2, 0.25) is 0 Å². The zero-order chi connectivity index (χ0) is 13.0. The van der Waals surface area contributed by atoms with Gasteiger partial charge < -0.3 is 15.2 Å². The van der Waals surface area contributed by atoms with E-state index in [1.807, 2.05) is 37.3 Å². The van der Waals surface area contributed by atoms with Crippen molar-refractivity contribution in [2.75, 3.05) is 19.5 Å². The molecular formula is C14H16N2O2. The lowest BCUT2D eigenvalue weighted by molar-refractivity contribution is 0.340. The number of benzene rings is 1. The van der Waals surface area contributed by atoms with E-state index >= 15 is 0 Å². The van der Waals surface area contributed by atoms with Crippen LogP contribution >= 0.6 is 0 Å². The van der Waals surface area contributed by atoms with E-state index in [0.717, 1.165) is 17.0 Å². The molecule has 0 saturated carbocycles. The van der Waals surface area contributed by atoms with Crippen LogP contribution in [0.5, 0.6) is 11.6 Å². The second-order valence-corrected chi connectivity index (χ2v) is 3.75. The normalized spacial score (nSPS) is 10.1. The topological polar surface area (TPSA) is 57.4 Å². The number of nitrogens with zero attached hydrogens (tertiary/aromatic N) is 1. The SMILES string of the molecule is CCOc1ccc(-c2ccc(N)c(OC)n2)cc1. The van der Waals surface area contributed by atoms with Crippen LogP contribution in [0.3, 0.4) is 0 Å². The quantitative estimate of drug-likeness (QED) is 0.898. The summed E-state index contributed by atoms with van der Waals surface area (Å²) in [7, 11) is 1.56. The van der Waals surface area contributed by atoms with Gasteiger partial charge in [-0.25, -0.2) is 4.98 Å². The summed E-state index contributed by atoms with van der Waals surface area (Å²) in [5.74, 6) is 1.30. The molecule has 1 aromatic heterocycles. The van der Waals surface area contributed by atoms with Crippen LogP contribution in [-0.4, -0.2) is 18.7 Å². The fourth-order valence-corrected chi connectivity index (χ4v) is 1.66. The minimum atomic E-state index is 0.446. The first-order valence-electron chi connectivity index (χ1n) is 5.78. The van der Waals surface area contributed by atoms with Crippen molar-refractivity contribution in [2.24, 2.45) is 0 Å². The van der Waals surface area contributed by atoms with E-state index in [2.05, 4.69) is 4.98 Å². The van der Waals surface area contributed by atoms with Crippen LogP contribution in [0.4, 0.5) is 5.69 Å². The van der Waals surface area contributed by atoms with Crippen molar-refractivity contribution in [1.29, 1.82) is 0 Å². The van der Waals surface area contributed by atoms with Gasteiger partial charge in [-0.05, 0) is 43.3 Å². The van der Waals surface area contributed by atoms with E-state index in [1.54, 1.807) is 13.2 Å². The van der Waals surface area contributed by atoms with Gasteiger partial charge in [0.25, 0.3) is 0 Å². The van der Waals surface area contributed by atoms with E-state index in [9.17, 15) is 0 Å². The van der Waals surface area contributed by atoms with Crippen molar-refractivity contribution in [3.63, 3.8) is 0 Å². The summed E-state index contributed by atoms with van der Waals surface area (Å²) < 4.78 is 10.5. The fraction of sp³-hybridized carbons (Fsp3) is 0.214. The Kier molecular flexibility index (Phi) is 3.67. The Hall–Kier alpha value is -2.23. The van der Waals surface area contributed by atoms with Gasteiger partial charge in [-0.1, -0.05) is 0 Å². The molecule has 0 atom stereocenters. The number of anilines is 1. The number of nitrogen functional groups attached to an aromatic ring is 1. The Balaban J connectivity index is 2.30. The molecule has 0 aliphatic heterocycles. The lowest BCUT2D eigenvalue weighted by Crippen LogP contribution is -1.96. The van der Waals surface area contributed by atoms with Crippen LogP contribution in [0.1, 0.15) is 6.92 Å². The Morgan fingerprint density at radius 1 is 1.11 bits per heavy atom. The van der Waals surface area contributed by atoms with Gasteiger partial charge in [0.05, 0.1) is 25.1 Å². The number of hydrogen-bond acceptors (Lipinski definition) is 4. The predicted octanol–water partition coefficient (Wildman–Crippen LogP) is 2.74. The van der Waals surface area contributed by atoms with E-state index in [-0.39, 0.29) is 0 Å². The summed E-state index contributed by atoms with van der Waals surface area (Å²) in [6, 6.07) is 11.4. The Morgan fingerprint density at radius 3 is 2.44 bits per heavy atom. The lowest BCUT2D eigenvalue weighted by atomic mass is 10.1. The summed E-state index contributed by atoms with van der Waals surface area (Å²) in [5.41, 5.74) is 8.09. The second-order valence-electron chi connectivity index (χ2n) is 3.75. The molecule has 0 spiro atoms. The van der Waals surface area contributed by atoms with Crippen molar-refractivity contribution in [1.82, 2.24) is 4.98 Å². The van der Waals surface area contributed by atoms with Gasteiger partial charge in [-0.2, -0.15) is 0 Å². The number of aromatic nitrogens is 1. The van der Waals surface area contributed by atoms with E-state index in [0.29, 0.717) is 18.2 Å².